The van der Waals surface area contributed by atoms with Gasteiger partial charge in [-0.05, 0) is 68.5 Å². The van der Waals surface area contributed by atoms with Crippen molar-refractivity contribution in [3.8, 4) is 11.1 Å². The lowest BCUT2D eigenvalue weighted by Gasteiger charge is -2.20. The molecule has 6 rings (SSSR count). The predicted octanol–water partition coefficient (Wildman–Crippen LogP) is 6.38. The first kappa shape index (κ1) is 26.8. The maximum Gasteiger partial charge on any atom is 0.416 e. The van der Waals surface area contributed by atoms with E-state index < -0.39 is 17.8 Å². The first-order valence-corrected chi connectivity index (χ1v) is 13.7. The van der Waals surface area contributed by atoms with Crippen molar-refractivity contribution in [1.29, 1.82) is 0 Å². The van der Waals surface area contributed by atoms with Crippen LogP contribution in [0.25, 0.3) is 27.8 Å². The van der Waals surface area contributed by atoms with Gasteiger partial charge >= 0.3 is 6.18 Å². The van der Waals surface area contributed by atoms with E-state index in [1.54, 1.807) is 36.7 Å². The van der Waals surface area contributed by atoms with Gasteiger partial charge in [-0.2, -0.15) is 13.2 Å². The monoisotopic (exact) mass is 561 g/mol. The Morgan fingerprint density at radius 1 is 1.10 bits per heavy atom. The van der Waals surface area contributed by atoms with Gasteiger partial charge in [-0.25, -0.2) is 15.0 Å². The van der Waals surface area contributed by atoms with E-state index in [0.717, 1.165) is 36.1 Å². The van der Waals surface area contributed by atoms with Gasteiger partial charge in [0.1, 0.15) is 17.3 Å². The molecule has 4 heterocycles. The van der Waals surface area contributed by atoms with Crippen LogP contribution in [0.2, 0.25) is 0 Å². The van der Waals surface area contributed by atoms with Gasteiger partial charge < -0.3 is 15.6 Å². The number of imidazole rings is 1. The van der Waals surface area contributed by atoms with Crippen LogP contribution < -0.4 is 16.6 Å². The van der Waals surface area contributed by atoms with Gasteiger partial charge in [-0.3, -0.25) is 9.20 Å². The molecule has 0 amide bonds. The summed E-state index contributed by atoms with van der Waals surface area (Å²) < 4.78 is 44.0. The van der Waals surface area contributed by atoms with Crippen molar-refractivity contribution in [3.63, 3.8) is 0 Å². The largest absolute Gasteiger partial charge is 0.416 e. The maximum absolute atomic E-state index is 13.5. The van der Waals surface area contributed by atoms with E-state index in [1.165, 1.54) is 18.9 Å². The quantitative estimate of drug-likeness (QED) is 0.233. The van der Waals surface area contributed by atoms with Crippen molar-refractivity contribution in [1.82, 2.24) is 23.9 Å². The number of halogens is 3. The van der Waals surface area contributed by atoms with E-state index in [2.05, 4.69) is 20.3 Å². The fraction of sp³-hybridized carbons (Fsp3) is 0.333. The molecule has 0 aliphatic heterocycles. The highest BCUT2D eigenvalue weighted by Crippen LogP contribution is 2.35. The van der Waals surface area contributed by atoms with Gasteiger partial charge in [0.2, 0.25) is 0 Å². The molecule has 0 radical (unpaired) electrons. The van der Waals surface area contributed by atoms with Gasteiger partial charge in [0.15, 0.2) is 5.65 Å². The average Bonchev–Trinajstić information content (AvgIpc) is 3.61. The molecule has 5 aromatic rings. The Balaban J connectivity index is 1.45. The summed E-state index contributed by atoms with van der Waals surface area (Å²) in [5.41, 5.74) is 8.27. The number of nitrogen functional groups attached to an aromatic ring is 1. The lowest BCUT2D eigenvalue weighted by Crippen LogP contribution is -2.22. The average molecular weight is 562 g/mol. The molecule has 0 saturated heterocycles. The van der Waals surface area contributed by atoms with Crippen molar-refractivity contribution in [2.24, 2.45) is 5.92 Å². The summed E-state index contributed by atoms with van der Waals surface area (Å²) in [4.78, 5) is 26.6. The van der Waals surface area contributed by atoms with Crippen molar-refractivity contribution >= 4 is 28.2 Å². The molecular formula is C30H30F3N7O. The van der Waals surface area contributed by atoms with Crippen LogP contribution in [0.4, 0.5) is 24.7 Å². The molecule has 0 unspecified atom stereocenters. The molecule has 1 aromatic carbocycles. The first-order chi connectivity index (χ1) is 19.6. The molecule has 1 atom stereocenters. The molecule has 1 aliphatic rings. The van der Waals surface area contributed by atoms with Gasteiger partial charge in [0.05, 0.1) is 17.0 Å². The van der Waals surface area contributed by atoms with E-state index >= 15 is 0 Å². The lowest BCUT2D eigenvalue weighted by atomic mass is 10.0. The Labute approximate surface area is 234 Å². The number of anilines is 2. The molecule has 212 valence electrons. The zero-order valence-corrected chi connectivity index (χ0v) is 22.7. The van der Waals surface area contributed by atoms with E-state index in [1.807, 2.05) is 22.9 Å². The van der Waals surface area contributed by atoms with Crippen LogP contribution in [0.5, 0.6) is 0 Å². The standard InChI is InChI=1S/C30H30F3N7O/c1-17(21-11-22(30(31,32)33)13-23(34)12-21)36-27-25-14-24(28-35-9-10-40(28)29(25)38-18(2)37-27)20-7-8-26(41)39(16-20)15-19-5-3-4-6-19/h7-14,16-17,19H,3-6,15,34H2,1-2H3,(H,36,37,38)/t17-/m1/s1. The molecule has 1 aliphatic carbocycles. The smallest absolute Gasteiger partial charge is 0.399 e. The summed E-state index contributed by atoms with van der Waals surface area (Å²) in [5, 5.41) is 3.95. The van der Waals surface area contributed by atoms with Crippen molar-refractivity contribution in [3.05, 3.63) is 82.3 Å². The summed E-state index contributed by atoms with van der Waals surface area (Å²) in [6, 6.07) is 8.29. The number of nitrogens with two attached hydrogens (primary N) is 1. The number of rotatable bonds is 6. The molecule has 1 fully saturated rings. The minimum absolute atomic E-state index is 0.0299. The zero-order chi connectivity index (χ0) is 28.9. The Hall–Kier alpha value is -4.41. The second-order valence-electron chi connectivity index (χ2n) is 10.8. The molecule has 0 bridgehead atoms. The predicted molar refractivity (Wildman–Crippen MR) is 153 cm³/mol. The lowest BCUT2D eigenvalue weighted by molar-refractivity contribution is -0.137. The summed E-state index contributed by atoms with van der Waals surface area (Å²) in [6.45, 7) is 4.19. The molecule has 4 aromatic heterocycles. The van der Waals surface area contributed by atoms with Crippen LogP contribution in [0, 0.1) is 12.8 Å². The third-order valence-electron chi connectivity index (χ3n) is 7.82. The summed E-state index contributed by atoms with van der Waals surface area (Å²) in [6.07, 6.45) is 5.49. The normalized spacial score (nSPS) is 15.1. The highest BCUT2D eigenvalue weighted by Gasteiger charge is 2.31. The fourth-order valence-electron chi connectivity index (χ4n) is 5.77. The minimum Gasteiger partial charge on any atom is -0.399 e. The fourth-order valence-corrected chi connectivity index (χ4v) is 5.77. The van der Waals surface area contributed by atoms with Gasteiger partial charge in [-0.1, -0.05) is 12.8 Å². The summed E-state index contributed by atoms with van der Waals surface area (Å²) in [7, 11) is 0. The minimum atomic E-state index is -4.52. The first-order valence-electron chi connectivity index (χ1n) is 13.7. The number of benzene rings is 1. The molecule has 1 saturated carbocycles. The van der Waals surface area contributed by atoms with Crippen LogP contribution in [0.3, 0.4) is 0 Å². The number of hydrogen-bond donors (Lipinski definition) is 2. The molecule has 8 nitrogen and oxygen atoms in total. The van der Waals surface area contributed by atoms with Crippen molar-refractivity contribution < 1.29 is 13.2 Å². The van der Waals surface area contributed by atoms with Crippen LogP contribution >= 0.6 is 0 Å². The number of nitrogens with one attached hydrogen (secondary N) is 1. The summed E-state index contributed by atoms with van der Waals surface area (Å²) >= 11 is 0. The van der Waals surface area contributed by atoms with Crippen LogP contribution in [0.15, 0.2) is 59.8 Å². The molecule has 3 N–H and O–H groups in total. The van der Waals surface area contributed by atoms with Gasteiger partial charge in [0, 0.05) is 48.0 Å². The zero-order valence-electron chi connectivity index (χ0n) is 22.7. The number of nitrogens with zero attached hydrogens (tertiary/aromatic N) is 5. The number of alkyl halides is 3. The number of aryl methyl sites for hydroxylation is 1. The SMILES string of the molecule is Cc1nc(N[C@H](C)c2cc(N)cc(C(F)(F)F)c2)c2cc(-c3ccc(=O)n(CC4CCCC4)c3)c3nccn3c2n1. The Bertz CT molecular complexity index is 1820. The number of fused-ring (bicyclic) bond motifs is 3. The van der Waals surface area contributed by atoms with E-state index in [0.29, 0.717) is 46.3 Å². The van der Waals surface area contributed by atoms with E-state index in [9.17, 15) is 18.0 Å². The molecule has 41 heavy (non-hydrogen) atoms. The Morgan fingerprint density at radius 3 is 2.63 bits per heavy atom. The highest BCUT2D eigenvalue weighted by molar-refractivity contribution is 5.95. The van der Waals surface area contributed by atoms with Crippen molar-refractivity contribution in [2.75, 3.05) is 11.1 Å². The van der Waals surface area contributed by atoms with Crippen LogP contribution in [0.1, 0.15) is 55.6 Å². The number of pyridine rings is 2. The number of aromatic nitrogens is 5. The molecular weight excluding hydrogens is 531 g/mol. The second kappa shape index (κ2) is 10.2. The van der Waals surface area contributed by atoms with Crippen molar-refractivity contribution in [2.45, 2.75) is 58.3 Å². The topological polar surface area (TPSA) is 103 Å². The Morgan fingerprint density at radius 2 is 1.88 bits per heavy atom. The third kappa shape index (κ3) is 5.23. The van der Waals surface area contributed by atoms with E-state index in [-0.39, 0.29) is 11.2 Å². The third-order valence-corrected chi connectivity index (χ3v) is 7.82. The second-order valence-corrected chi connectivity index (χ2v) is 10.8. The van der Waals surface area contributed by atoms with Gasteiger partial charge in [0.25, 0.3) is 5.56 Å². The highest BCUT2D eigenvalue weighted by atomic mass is 19.4. The summed E-state index contributed by atoms with van der Waals surface area (Å²) in [5.74, 6) is 1.44. The van der Waals surface area contributed by atoms with Crippen LogP contribution in [-0.2, 0) is 12.7 Å². The van der Waals surface area contributed by atoms with E-state index in [4.69, 9.17) is 5.73 Å². The Kier molecular flexibility index (Phi) is 6.67. The van der Waals surface area contributed by atoms with Gasteiger partial charge in [-0.15, -0.1) is 0 Å². The molecule has 0 spiro atoms. The number of hydrogen-bond acceptors (Lipinski definition) is 6. The van der Waals surface area contributed by atoms with Crippen LogP contribution in [-0.4, -0.2) is 23.9 Å². The molecule has 11 heteroatoms. The maximum atomic E-state index is 13.5.